The molecule has 0 radical (unpaired) electrons. The molecule has 0 fully saturated rings. The number of nitrogens with two attached hydrogens (primary N) is 1. The molecule has 86 valence electrons. The molecule has 2 heterocycles. The zero-order chi connectivity index (χ0) is 11.7. The van der Waals surface area contributed by atoms with E-state index < -0.39 is 6.29 Å². The number of aromatic nitrogens is 4. The zero-order valence-corrected chi connectivity index (χ0v) is 9.22. The highest BCUT2D eigenvalue weighted by molar-refractivity contribution is 6.28. The molecule has 3 N–H and O–H groups in total. The largest absolute Gasteiger partial charge is 0.382 e. The first kappa shape index (κ1) is 11.1. The molecule has 0 aliphatic heterocycles. The van der Waals surface area contributed by atoms with Crippen molar-refractivity contribution in [3.8, 4) is 0 Å². The SMILES string of the molecule is CC(O)OCn1cnc2c(N)nc(Cl)nc21. The Balaban J connectivity index is 2.40. The number of anilines is 1. The highest BCUT2D eigenvalue weighted by Gasteiger charge is 2.10. The summed E-state index contributed by atoms with van der Waals surface area (Å²) in [4.78, 5) is 11.8. The number of fused-ring (bicyclic) bond motifs is 1. The number of hydrogen-bond acceptors (Lipinski definition) is 6. The molecule has 0 saturated carbocycles. The molecule has 8 heteroatoms. The second kappa shape index (κ2) is 4.20. The van der Waals surface area contributed by atoms with Crippen LogP contribution < -0.4 is 5.73 Å². The molecule has 0 amide bonds. The molecule has 1 unspecified atom stereocenters. The van der Waals surface area contributed by atoms with Gasteiger partial charge in [0.15, 0.2) is 17.8 Å². The summed E-state index contributed by atoms with van der Waals surface area (Å²) < 4.78 is 6.58. The molecule has 16 heavy (non-hydrogen) atoms. The average molecular weight is 244 g/mol. The number of imidazole rings is 1. The third kappa shape index (κ3) is 2.06. The molecule has 2 aromatic heterocycles. The smallest absolute Gasteiger partial charge is 0.226 e. The average Bonchev–Trinajstić information content (AvgIpc) is 2.58. The van der Waals surface area contributed by atoms with Crippen LogP contribution in [0.5, 0.6) is 0 Å². The van der Waals surface area contributed by atoms with Crippen molar-refractivity contribution in [2.24, 2.45) is 0 Å². The highest BCUT2D eigenvalue weighted by atomic mass is 35.5. The summed E-state index contributed by atoms with van der Waals surface area (Å²) in [6, 6.07) is 0. The summed E-state index contributed by atoms with van der Waals surface area (Å²) in [5.41, 5.74) is 6.55. The van der Waals surface area contributed by atoms with Crippen molar-refractivity contribution in [1.29, 1.82) is 0 Å². The number of rotatable bonds is 3. The Morgan fingerprint density at radius 3 is 3.06 bits per heavy atom. The van der Waals surface area contributed by atoms with Gasteiger partial charge in [0, 0.05) is 0 Å². The summed E-state index contributed by atoms with van der Waals surface area (Å²) >= 11 is 5.68. The van der Waals surface area contributed by atoms with Gasteiger partial charge in [0.05, 0.1) is 6.33 Å². The van der Waals surface area contributed by atoms with Gasteiger partial charge in [-0.25, -0.2) is 4.98 Å². The molecular formula is C8H10ClN5O2. The number of ether oxygens (including phenoxy) is 1. The fourth-order valence-electron chi connectivity index (χ4n) is 1.22. The lowest BCUT2D eigenvalue weighted by Crippen LogP contribution is -2.10. The normalized spacial score (nSPS) is 13.2. The van der Waals surface area contributed by atoms with Crippen LogP contribution in [-0.2, 0) is 11.5 Å². The van der Waals surface area contributed by atoms with Crippen molar-refractivity contribution in [2.45, 2.75) is 19.9 Å². The van der Waals surface area contributed by atoms with Crippen LogP contribution >= 0.6 is 11.6 Å². The van der Waals surface area contributed by atoms with Crippen LogP contribution in [-0.4, -0.2) is 30.9 Å². The van der Waals surface area contributed by atoms with E-state index in [2.05, 4.69) is 15.0 Å². The molecule has 0 saturated heterocycles. The van der Waals surface area contributed by atoms with Crippen molar-refractivity contribution < 1.29 is 9.84 Å². The van der Waals surface area contributed by atoms with Gasteiger partial charge in [-0.1, -0.05) is 0 Å². The first-order chi connectivity index (χ1) is 7.58. The minimum Gasteiger partial charge on any atom is -0.382 e. The minimum absolute atomic E-state index is 0.0452. The minimum atomic E-state index is -0.868. The standard InChI is InChI=1S/C8H10ClN5O2/c1-4(15)16-3-14-2-11-5-6(10)12-8(9)13-7(5)14/h2,4,15H,3H2,1H3,(H2,10,12,13). The Labute approximate surface area is 95.8 Å². The Hall–Kier alpha value is -1.44. The lowest BCUT2D eigenvalue weighted by Gasteiger charge is -2.07. The van der Waals surface area contributed by atoms with Crippen LogP contribution in [0.15, 0.2) is 6.33 Å². The molecule has 0 aliphatic carbocycles. The number of aliphatic hydroxyl groups excluding tert-OH is 1. The predicted molar refractivity (Wildman–Crippen MR) is 57.5 cm³/mol. The topological polar surface area (TPSA) is 99.1 Å². The maximum atomic E-state index is 8.99. The molecule has 7 nitrogen and oxygen atoms in total. The quantitative estimate of drug-likeness (QED) is 0.597. The van der Waals surface area contributed by atoms with Crippen molar-refractivity contribution in [2.75, 3.05) is 5.73 Å². The summed E-state index contributed by atoms with van der Waals surface area (Å²) in [5, 5.41) is 9.04. The molecule has 0 bridgehead atoms. The van der Waals surface area contributed by atoms with E-state index in [-0.39, 0.29) is 17.8 Å². The lowest BCUT2D eigenvalue weighted by molar-refractivity contribution is -0.111. The van der Waals surface area contributed by atoms with Crippen LogP contribution in [0.4, 0.5) is 5.82 Å². The van der Waals surface area contributed by atoms with E-state index in [4.69, 9.17) is 27.2 Å². The number of nitrogens with zero attached hydrogens (tertiary/aromatic N) is 4. The van der Waals surface area contributed by atoms with E-state index in [1.807, 2.05) is 0 Å². The van der Waals surface area contributed by atoms with Gasteiger partial charge in [0.1, 0.15) is 12.2 Å². The molecular weight excluding hydrogens is 234 g/mol. The van der Waals surface area contributed by atoms with Gasteiger partial charge in [-0.3, -0.25) is 4.57 Å². The summed E-state index contributed by atoms with van der Waals surface area (Å²) in [7, 11) is 0. The number of aliphatic hydroxyl groups is 1. The highest BCUT2D eigenvalue weighted by Crippen LogP contribution is 2.18. The molecule has 0 aromatic carbocycles. The second-order valence-corrected chi connectivity index (χ2v) is 3.50. The molecule has 0 aliphatic rings. The van der Waals surface area contributed by atoms with Gasteiger partial charge >= 0.3 is 0 Å². The van der Waals surface area contributed by atoms with Crippen molar-refractivity contribution in [3.63, 3.8) is 0 Å². The third-order valence-electron chi connectivity index (χ3n) is 1.92. The van der Waals surface area contributed by atoms with Crippen LogP contribution in [0.25, 0.3) is 11.2 Å². The van der Waals surface area contributed by atoms with Gasteiger partial charge < -0.3 is 15.6 Å². The third-order valence-corrected chi connectivity index (χ3v) is 2.09. The van der Waals surface area contributed by atoms with Gasteiger partial charge in [0.25, 0.3) is 0 Å². The van der Waals surface area contributed by atoms with Crippen LogP contribution in [0.1, 0.15) is 6.92 Å². The van der Waals surface area contributed by atoms with Crippen molar-refractivity contribution in [1.82, 2.24) is 19.5 Å². The number of nitrogen functional groups attached to an aromatic ring is 1. The monoisotopic (exact) mass is 243 g/mol. The van der Waals surface area contributed by atoms with Crippen molar-refractivity contribution >= 4 is 28.6 Å². The Morgan fingerprint density at radius 2 is 2.38 bits per heavy atom. The van der Waals surface area contributed by atoms with Gasteiger partial charge in [-0.2, -0.15) is 9.97 Å². The molecule has 2 rings (SSSR count). The fourth-order valence-corrected chi connectivity index (χ4v) is 1.39. The Morgan fingerprint density at radius 1 is 1.62 bits per heavy atom. The fraction of sp³-hybridized carbons (Fsp3) is 0.375. The van der Waals surface area contributed by atoms with E-state index in [0.29, 0.717) is 11.2 Å². The molecule has 1 atom stereocenters. The van der Waals surface area contributed by atoms with Crippen LogP contribution in [0.3, 0.4) is 0 Å². The predicted octanol–water partition coefficient (Wildman–Crippen LogP) is 0.374. The number of hydrogen-bond donors (Lipinski definition) is 2. The molecule has 2 aromatic rings. The summed E-state index contributed by atoms with van der Waals surface area (Å²) in [5.74, 6) is 0.214. The van der Waals surface area contributed by atoms with E-state index in [1.54, 1.807) is 4.57 Å². The first-order valence-electron chi connectivity index (χ1n) is 4.51. The second-order valence-electron chi connectivity index (χ2n) is 3.16. The van der Waals surface area contributed by atoms with Crippen LogP contribution in [0, 0.1) is 0 Å². The van der Waals surface area contributed by atoms with Gasteiger partial charge in [-0.15, -0.1) is 0 Å². The van der Waals surface area contributed by atoms with E-state index in [0.717, 1.165) is 0 Å². The van der Waals surface area contributed by atoms with Gasteiger partial charge in [-0.05, 0) is 18.5 Å². The Kier molecular flexibility index (Phi) is 2.90. The van der Waals surface area contributed by atoms with Gasteiger partial charge in [0.2, 0.25) is 5.28 Å². The van der Waals surface area contributed by atoms with E-state index in [1.165, 1.54) is 13.3 Å². The van der Waals surface area contributed by atoms with Crippen molar-refractivity contribution in [3.05, 3.63) is 11.6 Å². The summed E-state index contributed by atoms with van der Waals surface area (Å²) in [6.07, 6.45) is 0.626. The lowest BCUT2D eigenvalue weighted by atomic mass is 10.5. The van der Waals surface area contributed by atoms with E-state index in [9.17, 15) is 0 Å². The first-order valence-corrected chi connectivity index (χ1v) is 4.89. The number of halogens is 1. The zero-order valence-electron chi connectivity index (χ0n) is 8.46. The maximum Gasteiger partial charge on any atom is 0.226 e. The van der Waals surface area contributed by atoms with Crippen LogP contribution in [0.2, 0.25) is 5.28 Å². The molecule has 0 spiro atoms. The maximum absolute atomic E-state index is 8.99. The summed E-state index contributed by atoms with van der Waals surface area (Å²) in [6.45, 7) is 1.62. The van der Waals surface area contributed by atoms with E-state index >= 15 is 0 Å². The Bertz CT molecular complexity index is 512.